The van der Waals surface area contributed by atoms with E-state index in [2.05, 4.69) is 37.4 Å². The predicted molar refractivity (Wildman–Crippen MR) is 142 cm³/mol. The Morgan fingerprint density at radius 2 is 1.60 bits per heavy atom. The Morgan fingerprint density at radius 1 is 0.943 bits per heavy atom. The molecule has 1 aromatic heterocycles. The van der Waals surface area contributed by atoms with Crippen molar-refractivity contribution >= 4 is 44.1 Å². The normalized spacial score (nSPS) is 17.7. The summed E-state index contributed by atoms with van der Waals surface area (Å²) in [5.41, 5.74) is 5.92. The number of carboxylic acid groups (broad SMARTS) is 1. The first-order chi connectivity index (χ1) is 16.9. The Hall–Kier alpha value is -3.51. The van der Waals surface area contributed by atoms with E-state index in [1.807, 2.05) is 48.5 Å². The molecule has 35 heavy (non-hydrogen) atoms. The van der Waals surface area contributed by atoms with Crippen molar-refractivity contribution in [2.45, 2.75) is 39.0 Å². The van der Waals surface area contributed by atoms with Crippen molar-refractivity contribution in [2.24, 2.45) is 11.8 Å². The van der Waals surface area contributed by atoms with Crippen LogP contribution in [0.3, 0.4) is 0 Å². The van der Waals surface area contributed by atoms with Crippen LogP contribution in [0.2, 0.25) is 0 Å². The topological polar surface area (TPSA) is 79.3 Å². The molecule has 0 spiro atoms. The second kappa shape index (κ2) is 9.62. The van der Waals surface area contributed by atoms with E-state index in [0.717, 1.165) is 33.9 Å². The predicted octanol–water partition coefficient (Wildman–Crippen LogP) is 7.51. The number of aliphatic carboxylic acids is 1. The first-order valence-corrected chi connectivity index (χ1v) is 12.9. The summed E-state index contributed by atoms with van der Waals surface area (Å²) < 4.78 is 1.18. The lowest BCUT2D eigenvalue weighted by Crippen LogP contribution is -2.25. The molecule has 0 aliphatic heterocycles. The molecule has 1 aliphatic carbocycles. The van der Waals surface area contributed by atoms with Gasteiger partial charge in [0.1, 0.15) is 0 Å². The second-order valence-electron chi connectivity index (χ2n) is 9.53. The highest BCUT2D eigenvalue weighted by Crippen LogP contribution is 2.35. The Labute approximate surface area is 208 Å². The fraction of sp³-hybridized carbons (Fsp3) is 0.276. The van der Waals surface area contributed by atoms with Gasteiger partial charge in [-0.05, 0) is 59.7 Å². The van der Waals surface area contributed by atoms with Gasteiger partial charge in [0.2, 0.25) is 0 Å². The fourth-order valence-electron chi connectivity index (χ4n) is 4.83. The van der Waals surface area contributed by atoms with Gasteiger partial charge in [0.05, 0.1) is 16.1 Å². The summed E-state index contributed by atoms with van der Waals surface area (Å²) in [5.74, 6) is -1.41. The maximum atomic E-state index is 12.9. The quantitative estimate of drug-likeness (QED) is 0.265. The van der Waals surface area contributed by atoms with Gasteiger partial charge in [-0.1, -0.05) is 74.1 Å². The minimum absolute atomic E-state index is 0.0580. The third kappa shape index (κ3) is 4.84. The minimum Gasteiger partial charge on any atom is -0.481 e. The number of fused-ring (bicyclic) bond motifs is 1. The van der Waals surface area contributed by atoms with Gasteiger partial charge in [-0.25, -0.2) is 4.98 Å². The molecule has 0 saturated heterocycles. The van der Waals surface area contributed by atoms with Crippen molar-refractivity contribution in [1.82, 2.24) is 4.98 Å². The van der Waals surface area contributed by atoms with Gasteiger partial charge in [-0.3, -0.25) is 9.59 Å². The highest BCUT2D eigenvalue weighted by molar-refractivity contribution is 7.22. The Bertz CT molecular complexity index is 1370. The Kier molecular flexibility index (Phi) is 6.39. The minimum atomic E-state index is -0.864. The summed E-state index contributed by atoms with van der Waals surface area (Å²) in [6.07, 6.45) is 2.03. The zero-order valence-electron chi connectivity index (χ0n) is 19.8. The van der Waals surface area contributed by atoms with E-state index < -0.39 is 17.8 Å². The summed E-state index contributed by atoms with van der Waals surface area (Å²) in [7, 11) is 0. The molecule has 1 fully saturated rings. The molecule has 0 unspecified atom stereocenters. The van der Waals surface area contributed by atoms with Crippen LogP contribution in [0.5, 0.6) is 0 Å². The van der Waals surface area contributed by atoms with Crippen LogP contribution in [0.1, 0.15) is 54.9 Å². The average Bonchev–Trinajstić information content (AvgIpc) is 3.51. The van der Waals surface area contributed by atoms with Gasteiger partial charge in [0, 0.05) is 17.2 Å². The van der Waals surface area contributed by atoms with Crippen molar-refractivity contribution < 1.29 is 14.7 Å². The molecule has 4 aromatic rings. The Morgan fingerprint density at radius 3 is 2.26 bits per heavy atom. The average molecular weight is 485 g/mol. The van der Waals surface area contributed by atoms with E-state index in [-0.39, 0.29) is 5.78 Å². The molecular weight excluding hydrogens is 456 g/mol. The zero-order valence-corrected chi connectivity index (χ0v) is 20.6. The van der Waals surface area contributed by atoms with Gasteiger partial charge < -0.3 is 10.4 Å². The number of carbonyl (C=O) groups is 2. The molecule has 178 valence electrons. The van der Waals surface area contributed by atoms with Crippen molar-refractivity contribution in [2.75, 3.05) is 5.32 Å². The molecule has 5 rings (SSSR count). The molecule has 1 aliphatic rings. The molecule has 0 bridgehead atoms. The zero-order chi connectivity index (χ0) is 24.5. The molecule has 0 amide bonds. The van der Waals surface area contributed by atoms with E-state index in [9.17, 15) is 14.7 Å². The molecule has 1 saturated carbocycles. The number of rotatable bonds is 7. The van der Waals surface area contributed by atoms with E-state index >= 15 is 0 Å². The van der Waals surface area contributed by atoms with E-state index in [4.69, 9.17) is 4.98 Å². The molecule has 2 atom stereocenters. The molecule has 3 aromatic carbocycles. The number of benzene rings is 3. The van der Waals surface area contributed by atoms with Crippen molar-refractivity contribution in [3.63, 3.8) is 0 Å². The number of hydrogen-bond donors (Lipinski definition) is 2. The van der Waals surface area contributed by atoms with E-state index in [1.54, 1.807) is 11.3 Å². The third-order valence-electron chi connectivity index (χ3n) is 6.89. The van der Waals surface area contributed by atoms with Crippen molar-refractivity contribution in [1.29, 1.82) is 0 Å². The number of aromatic nitrogens is 1. The summed E-state index contributed by atoms with van der Waals surface area (Å²) in [5, 5.41) is 13.7. The van der Waals surface area contributed by atoms with E-state index in [0.29, 0.717) is 24.3 Å². The van der Waals surface area contributed by atoms with Crippen LogP contribution in [-0.4, -0.2) is 21.8 Å². The van der Waals surface area contributed by atoms with Crippen LogP contribution in [-0.2, 0) is 4.79 Å². The van der Waals surface area contributed by atoms with Crippen molar-refractivity contribution in [3.05, 3.63) is 77.9 Å². The molecule has 2 N–H and O–H groups in total. The fourth-order valence-corrected chi connectivity index (χ4v) is 5.77. The third-order valence-corrected chi connectivity index (χ3v) is 7.82. The number of carboxylic acids is 1. The first kappa shape index (κ1) is 23.2. The lowest BCUT2D eigenvalue weighted by Gasteiger charge is -2.14. The molecule has 1 heterocycles. The number of hydrogen-bond acceptors (Lipinski definition) is 5. The molecule has 5 nitrogen and oxygen atoms in total. The summed E-state index contributed by atoms with van der Waals surface area (Å²) in [6.45, 7) is 4.39. The smallest absolute Gasteiger partial charge is 0.307 e. The van der Waals surface area contributed by atoms with Gasteiger partial charge in [0.15, 0.2) is 10.9 Å². The maximum absolute atomic E-state index is 12.9. The van der Waals surface area contributed by atoms with Crippen LogP contribution in [0.25, 0.3) is 21.3 Å². The van der Waals surface area contributed by atoms with Gasteiger partial charge in [-0.2, -0.15) is 0 Å². The highest BCUT2D eigenvalue weighted by atomic mass is 32.1. The summed E-state index contributed by atoms with van der Waals surface area (Å²) in [6, 6.07) is 22.1. The van der Waals surface area contributed by atoms with Gasteiger partial charge >= 0.3 is 5.97 Å². The number of Topliss-reactive ketones (excluding diaryl/α,β-unsaturated/α-hetero) is 1. The number of nitrogens with zero attached hydrogens (tertiary/aromatic N) is 1. The number of nitrogens with one attached hydrogen (secondary N) is 1. The standard InChI is InChI=1S/C29H28N2O3S/c1-17(2)21-12-15-25-26(16-21)35-29(31-25)30-22-13-10-19(11-14-22)18-6-8-20(9-7-18)27(32)23-4-3-5-24(23)28(33)34/h6-17,23-24H,3-5H2,1-2H3,(H,30,31)(H,33,34)/t23-,24-/m1/s1. The lowest BCUT2D eigenvalue weighted by atomic mass is 9.88. The first-order valence-electron chi connectivity index (χ1n) is 12.0. The van der Waals surface area contributed by atoms with Crippen molar-refractivity contribution in [3.8, 4) is 11.1 Å². The number of carbonyl (C=O) groups excluding carboxylic acids is 1. The molecule has 6 heteroatoms. The van der Waals surface area contributed by atoms with Crippen LogP contribution in [0, 0.1) is 11.8 Å². The van der Waals surface area contributed by atoms with Gasteiger partial charge in [0.25, 0.3) is 0 Å². The van der Waals surface area contributed by atoms with E-state index in [1.165, 1.54) is 10.3 Å². The monoisotopic (exact) mass is 484 g/mol. The number of anilines is 2. The summed E-state index contributed by atoms with van der Waals surface area (Å²) >= 11 is 1.65. The molecule has 0 radical (unpaired) electrons. The number of thiazole rings is 1. The van der Waals surface area contributed by atoms with Crippen LogP contribution in [0.15, 0.2) is 66.7 Å². The highest BCUT2D eigenvalue weighted by Gasteiger charge is 2.37. The SMILES string of the molecule is CC(C)c1ccc2nc(Nc3ccc(-c4ccc(C(=O)[C@@H]5CCC[C@H]5C(=O)O)cc4)cc3)sc2c1. The largest absolute Gasteiger partial charge is 0.481 e. The lowest BCUT2D eigenvalue weighted by molar-refractivity contribution is -0.142. The molecular formula is C29H28N2O3S. The Balaban J connectivity index is 1.28. The second-order valence-corrected chi connectivity index (χ2v) is 10.6. The van der Waals surface area contributed by atoms with Crippen LogP contribution in [0.4, 0.5) is 10.8 Å². The van der Waals surface area contributed by atoms with Gasteiger partial charge in [-0.15, -0.1) is 0 Å². The van der Waals surface area contributed by atoms with Crippen LogP contribution >= 0.6 is 11.3 Å². The summed E-state index contributed by atoms with van der Waals surface area (Å²) in [4.78, 5) is 29.0. The van der Waals surface area contributed by atoms with Crippen LogP contribution < -0.4 is 5.32 Å². The number of ketones is 1. The maximum Gasteiger partial charge on any atom is 0.307 e.